The molecule has 0 bridgehead atoms. The molecule has 1 aromatic carbocycles. The average molecular weight is 343 g/mol. The molecule has 5 heteroatoms. The number of amides is 2. The van der Waals surface area contributed by atoms with Crippen LogP contribution in [0.15, 0.2) is 30.3 Å². The number of piperidine rings is 2. The Morgan fingerprint density at radius 1 is 1.08 bits per heavy atom. The van der Waals surface area contributed by atoms with Gasteiger partial charge < -0.3 is 10.2 Å². The molecule has 0 unspecified atom stereocenters. The lowest BCUT2D eigenvalue weighted by atomic mass is 9.93. The number of nitrogens with one attached hydrogen (secondary N) is 1. The van der Waals surface area contributed by atoms with E-state index in [4.69, 9.17) is 0 Å². The van der Waals surface area contributed by atoms with Crippen molar-refractivity contribution >= 4 is 11.8 Å². The Labute approximate surface area is 150 Å². The highest BCUT2D eigenvalue weighted by Crippen LogP contribution is 2.24. The minimum atomic E-state index is 0.0864. The summed E-state index contributed by atoms with van der Waals surface area (Å²) in [6.45, 7) is 5.88. The highest BCUT2D eigenvalue weighted by molar-refractivity contribution is 5.79. The number of carbonyl (C=O) groups is 2. The first-order valence-corrected chi connectivity index (χ1v) is 9.44. The van der Waals surface area contributed by atoms with E-state index in [2.05, 4.69) is 10.2 Å². The lowest BCUT2D eigenvalue weighted by Crippen LogP contribution is -2.51. The maximum Gasteiger partial charge on any atom is 0.224 e. The molecule has 0 spiro atoms. The van der Waals surface area contributed by atoms with Gasteiger partial charge in [0.1, 0.15) is 0 Å². The fourth-order valence-electron chi connectivity index (χ4n) is 4.03. The zero-order valence-corrected chi connectivity index (χ0v) is 15.1. The van der Waals surface area contributed by atoms with Gasteiger partial charge in [-0.3, -0.25) is 14.5 Å². The lowest BCUT2D eigenvalue weighted by molar-refractivity contribution is -0.130. The van der Waals surface area contributed by atoms with Gasteiger partial charge in [-0.25, -0.2) is 0 Å². The van der Waals surface area contributed by atoms with Crippen molar-refractivity contribution in [2.75, 3.05) is 26.2 Å². The zero-order chi connectivity index (χ0) is 17.6. The monoisotopic (exact) mass is 343 g/mol. The van der Waals surface area contributed by atoms with Crippen molar-refractivity contribution in [1.82, 2.24) is 15.1 Å². The van der Waals surface area contributed by atoms with Gasteiger partial charge in [-0.1, -0.05) is 30.3 Å². The number of likely N-dealkylation sites (tertiary alicyclic amines) is 2. The van der Waals surface area contributed by atoms with Crippen LogP contribution in [0.1, 0.15) is 38.2 Å². The Morgan fingerprint density at radius 3 is 2.48 bits per heavy atom. The minimum Gasteiger partial charge on any atom is -0.352 e. The van der Waals surface area contributed by atoms with E-state index in [1.54, 1.807) is 6.92 Å². The summed E-state index contributed by atoms with van der Waals surface area (Å²) >= 11 is 0. The van der Waals surface area contributed by atoms with E-state index >= 15 is 0 Å². The van der Waals surface area contributed by atoms with Crippen LogP contribution in [0.25, 0.3) is 0 Å². The van der Waals surface area contributed by atoms with Crippen molar-refractivity contribution in [1.29, 1.82) is 0 Å². The quantitative estimate of drug-likeness (QED) is 0.910. The van der Waals surface area contributed by atoms with Gasteiger partial charge in [-0.05, 0) is 37.8 Å². The molecule has 5 nitrogen and oxygen atoms in total. The molecule has 1 atom stereocenters. The molecule has 0 aromatic heterocycles. The molecule has 2 amide bonds. The summed E-state index contributed by atoms with van der Waals surface area (Å²) in [5.41, 5.74) is 1.14. The molecular weight excluding hydrogens is 314 g/mol. The Balaban J connectivity index is 1.47. The summed E-state index contributed by atoms with van der Waals surface area (Å²) in [4.78, 5) is 28.4. The molecular formula is C20H29N3O2. The van der Waals surface area contributed by atoms with Gasteiger partial charge in [0.15, 0.2) is 0 Å². The lowest BCUT2D eigenvalue weighted by Gasteiger charge is -2.41. The predicted octanol–water partition coefficient (Wildman–Crippen LogP) is 2.03. The molecule has 1 aromatic rings. The van der Waals surface area contributed by atoms with E-state index in [9.17, 15) is 9.59 Å². The van der Waals surface area contributed by atoms with E-state index in [0.29, 0.717) is 12.6 Å². The van der Waals surface area contributed by atoms with Crippen LogP contribution in [0.5, 0.6) is 0 Å². The second kappa shape index (κ2) is 8.48. The van der Waals surface area contributed by atoms with Crippen LogP contribution < -0.4 is 5.32 Å². The Kier molecular flexibility index (Phi) is 6.08. The van der Waals surface area contributed by atoms with Crippen LogP contribution in [0.4, 0.5) is 0 Å². The van der Waals surface area contributed by atoms with Crippen LogP contribution >= 0.6 is 0 Å². The van der Waals surface area contributed by atoms with Gasteiger partial charge in [0.05, 0.1) is 5.92 Å². The summed E-state index contributed by atoms with van der Waals surface area (Å²) in [5, 5.41) is 3.10. The molecule has 2 aliphatic heterocycles. The van der Waals surface area contributed by atoms with Gasteiger partial charge >= 0.3 is 0 Å². The molecule has 2 aliphatic rings. The number of nitrogens with zero attached hydrogens (tertiary/aromatic N) is 2. The second-order valence-corrected chi connectivity index (χ2v) is 7.27. The largest absolute Gasteiger partial charge is 0.352 e. The van der Waals surface area contributed by atoms with Crippen LogP contribution in [0.3, 0.4) is 0 Å². The van der Waals surface area contributed by atoms with Crippen molar-refractivity contribution < 1.29 is 9.59 Å². The van der Waals surface area contributed by atoms with E-state index in [-0.39, 0.29) is 17.7 Å². The fourth-order valence-corrected chi connectivity index (χ4v) is 4.03. The van der Waals surface area contributed by atoms with E-state index in [0.717, 1.165) is 57.4 Å². The van der Waals surface area contributed by atoms with Crippen LogP contribution in [-0.2, 0) is 16.1 Å². The smallest absolute Gasteiger partial charge is 0.224 e. The number of benzene rings is 1. The molecule has 2 heterocycles. The van der Waals surface area contributed by atoms with Crippen molar-refractivity contribution in [3.63, 3.8) is 0 Å². The summed E-state index contributed by atoms with van der Waals surface area (Å²) in [6.07, 6.45) is 4.11. The summed E-state index contributed by atoms with van der Waals surface area (Å²) < 4.78 is 0. The van der Waals surface area contributed by atoms with Gasteiger partial charge in [-0.15, -0.1) is 0 Å². The van der Waals surface area contributed by atoms with Crippen LogP contribution in [0.2, 0.25) is 0 Å². The maximum atomic E-state index is 12.6. The molecule has 3 rings (SSSR count). The average Bonchev–Trinajstić information content (AvgIpc) is 2.67. The van der Waals surface area contributed by atoms with E-state index in [1.165, 1.54) is 0 Å². The SMILES string of the molecule is CC(=O)N1CCC(N2CCC[C@H](C(=O)NCc3ccccc3)C2)CC1. The standard InChI is InChI=1S/C20H29N3O2/c1-16(24)22-12-9-19(10-13-22)23-11-5-8-18(15-23)20(25)21-14-17-6-3-2-4-7-17/h2-4,6-7,18-19H,5,8-15H2,1H3,(H,21,25)/t18-/m0/s1. The minimum absolute atomic E-state index is 0.0864. The summed E-state index contributed by atoms with van der Waals surface area (Å²) in [5.74, 6) is 0.438. The van der Waals surface area contributed by atoms with Gasteiger partial charge in [0.2, 0.25) is 11.8 Å². The summed E-state index contributed by atoms with van der Waals surface area (Å²) in [6, 6.07) is 10.6. The Morgan fingerprint density at radius 2 is 1.80 bits per heavy atom. The first-order valence-electron chi connectivity index (χ1n) is 9.44. The summed E-state index contributed by atoms with van der Waals surface area (Å²) in [7, 11) is 0. The molecule has 25 heavy (non-hydrogen) atoms. The molecule has 136 valence electrons. The highest BCUT2D eigenvalue weighted by Gasteiger charge is 2.31. The van der Waals surface area contributed by atoms with Crippen molar-refractivity contribution in [3.05, 3.63) is 35.9 Å². The molecule has 2 fully saturated rings. The Bertz CT molecular complexity index is 582. The van der Waals surface area contributed by atoms with Crippen molar-refractivity contribution in [2.24, 2.45) is 5.92 Å². The van der Waals surface area contributed by atoms with Crippen molar-refractivity contribution in [2.45, 2.75) is 45.2 Å². The first-order chi connectivity index (χ1) is 12.1. The zero-order valence-electron chi connectivity index (χ0n) is 15.1. The van der Waals surface area contributed by atoms with Crippen LogP contribution in [0, 0.1) is 5.92 Å². The third-order valence-corrected chi connectivity index (χ3v) is 5.56. The van der Waals surface area contributed by atoms with E-state index in [1.807, 2.05) is 35.2 Å². The van der Waals surface area contributed by atoms with Crippen LogP contribution in [-0.4, -0.2) is 53.8 Å². The van der Waals surface area contributed by atoms with Crippen molar-refractivity contribution in [3.8, 4) is 0 Å². The Hall–Kier alpha value is -1.88. The maximum absolute atomic E-state index is 12.6. The molecule has 0 aliphatic carbocycles. The van der Waals surface area contributed by atoms with Gasteiger partial charge in [0.25, 0.3) is 0 Å². The number of hydrogen-bond donors (Lipinski definition) is 1. The fraction of sp³-hybridized carbons (Fsp3) is 0.600. The van der Waals surface area contributed by atoms with Gasteiger partial charge in [0, 0.05) is 39.1 Å². The number of carbonyl (C=O) groups excluding carboxylic acids is 2. The third kappa shape index (κ3) is 4.82. The number of rotatable bonds is 4. The first kappa shape index (κ1) is 17.9. The number of hydrogen-bond acceptors (Lipinski definition) is 3. The molecule has 2 saturated heterocycles. The van der Waals surface area contributed by atoms with E-state index < -0.39 is 0 Å². The second-order valence-electron chi connectivity index (χ2n) is 7.27. The normalized spacial score (nSPS) is 22.6. The topological polar surface area (TPSA) is 52.7 Å². The molecule has 0 radical (unpaired) electrons. The molecule has 1 N–H and O–H groups in total. The predicted molar refractivity (Wildman–Crippen MR) is 97.9 cm³/mol. The highest BCUT2D eigenvalue weighted by atomic mass is 16.2. The molecule has 0 saturated carbocycles. The van der Waals surface area contributed by atoms with Gasteiger partial charge in [-0.2, -0.15) is 0 Å². The third-order valence-electron chi connectivity index (χ3n) is 5.56.